The lowest BCUT2D eigenvalue weighted by molar-refractivity contribution is -0.385. The minimum Gasteiger partial charge on any atom is -0.365 e. The van der Waals surface area contributed by atoms with Crippen LogP contribution in [-0.4, -0.2) is 60.8 Å². The number of anilines is 1. The summed E-state index contributed by atoms with van der Waals surface area (Å²) < 4.78 is 27.6. The van der Waals surface area contributed by atoms with E-state index in [9.17, 15) is 18.5 Å². The van der Waals surface area contributed by atoms with Gasteiger partial charge in [-0.25, -0.2) is 13.4 Å². The average molecular weight is 426 g/mol. The van der Waals surface area contributed by atoms with Crippen molar-refractivity contribution >= 4 is 33.1 Å². The molecule has 0 amide bonds. The number of aromatic nitrogens is 1. The van der Waals surface area contributed by atoms with E-state index in [-0.39, 0.29) is 28.0 Å². The van der Waals surface area contributed by atoms with Gasteiger partial charge < -0.3 is 10.2 Å². The Morgan fingerprint density at radius 1 is 1.25 bits per heavy atom. The number of nitrogens with one attached hydrogen (secondary N) is 1. The molecule has 1 saturated heterocycles. The lowest BCUT2D eigenvalue weighted by atomic mass is 10.2. The predicted octanol–water partition coefficient (Wildman–Crippen LogP) is 2.19. The van der Waals surface area contributed by atoms with Gasteiger partial charge in [-0.15, -0.1) is 0 Å². The summed E-state index contributed by atoms with van der Waals surface area (Å²) in [6.07, 6.45) is 1.10. The number of rotatable bonds is 6. The van der Waals surface area contributed by atoms with Crippen molar-refractivity contribution in [2.75, 3.05) is 38.5 Å². The van der Waals surface area contributed by atoms with Gasteiger partial charge in [0, 0.05) is 38.8 Å². The summed E-state index contributed by atoms with van der Waals surface area (Å²) >= 11 is 6.04. The molecule has 0 atom stereocenters. The van der Waals surface area contributed by atoms with Gasteiger partial charge in [-0.05, 0) is 18.7 Å². The van der Waals surface area contributed by atoms with E-state index < -0.39 is 14.9 Å². The maximum absolute atomic E-state index is 13.1. The van der Waals surface area contributed by atoms with E-state index in [0.717, 1.165) is 6.20 Å². The highest BCUT2D eigenvalue weighted by atomic mass is 35.5. The van der Waals surface area contributed by atoms with Crippen molar-refractivity contribution in [3.8, 4) is 0 Å². The van der Waals surface area contributed by atoms with Gasteiger partial charge in [-0.2, -0.15) is 4.31 Å². The Kier molecular flexibility index (Phi) is 6.14. The maximum Gasteiger partial charge on any atom is 0.289 e. The van der Waals surface area contributed by atoms with E-state index >= 15 is 0 Å². The Hall–Kier alpha value is -2.27. The van der Waals surface area contributed by atoms with Crippen LogP contribution in [0.25, 0.3) is 0 Å². The molecule has 28 heavy (non-hydrogen) atoms. The third-order valence-electron chi connectivity index (χ3n) is 4.54. The first-order chi connectivity index (χ1) is 13.3. The Bertz CT molecular complexity index is 977. The zero-order valence-corrected chi connectivity index (χ0v) is 16.8. The molecule has 0 saturated carbocycles. The van der Waals surface area contributed by atoms with Crippen molar-refractivity contribution in [2.45, 2.75) is 11.4 Å². The SMILES string of the molecule is CN1CCN(S(=O)(=O)c2ccccc2CNc2ncc([N+](=O)[O-])cc2Cl)CC1. The predicted molar refractivity (Wildman–Crippen MR) is 106 cm³/mol. The minimum atomic E-state index is -3.62. The standard InChI is InChI=1S/C17H20ClN5O4S/c1-21-6-8-22(9-7-21)28(26,27)16-5-3-2-4-13(16)11-19-17-15(18)10-14(12-20-17)23(24)25/h2-5,10,12H,6-9,11H2,1H3,(H,19,20). The zero-order chi connectivity index (χ0) is 20.3. The second-order valence-corrected chi connectivity index (χ2v) is 8.76. The molecule has 1 aromatic carbocycles. The molecule has 9 nitrogen and oxygen atoms in total. The van der Waals surface area contributed by atoms with Crippen LogP contribution in [0.2, 0.25) is 5.02 Å². The molecule has 1 aliphatic heterocycles. The molecule has 0 bridgehead atoms. The molecule has 0 radical (unpaired) electrons. The molecule has 11 heteroatoms. The molecule has 1 N–H and O–H groups in total. The number of hydrogen-bond donors (Lipinski definition) is 1. The average Bonchev–Trinajstić information content (AvgIpc) is 2.67. The zero-order valence-electron chi connectivity index (χ0n) is 15.2. The van der Waals surface area contributed by atoms with Crippen LogP contribution >= 0.6 is 11.6 Å². The quantitative estimate of drug-likeness (QED) is 0.558. The summed E-state index contributed by atoms with van der Waals surface area (Å²) in [4.78, 5) is 16.5. The second kappa shape index (κ2) is 8.39. The van der Waals surface area contributed by atoms with E-state index in [4.69, 9.17) is 11.6 Å². The van der Waals surface area contributed by atoms with E-state index in [1.165, 1.54) is 10.4 Å². The third kappa shape index (κ3) is 4.41. The highest BCUT2D eigenvalue weighted by Gasteiger charge is 2.29. The number of nitrogens with zero attached hydrogens (tertiary/aromatic N) is 4. The van der Waals surface area contributed by atoms with Gasteiger partial charge in [0.15, 0.2) is 0 Å². The molecule has 150 valence electrons. The van der Waals surface area contributed by atoms with Crippen molar-refractivity contribution in [1.82, 2.24) is 14.2 Å². The highest BCUT2D eigenvalue weighted by molar-refractivity contribution is 7.89. The first kappa shape index (κ1) is 20.5. The molecule has 1 fully saturated rings. The summed E-state index contributed by atoms with van der Waals surface area (Å²) in [7, 11) is -1.66. The third-order valence-corrected chi connectivity index (χ3v) is 6.82. The Labute approximate surface area is 168 Å². The second-order valence-electron chi connectivity index (χ2n) is 6.45. The van der Waals surface area contributed by atoms with E-state index in [1.807, 2.05) is 7.05 Å². The highest BCUT2D eigenvalue weighted by Crippen LogP contribution is 2.26. The molecular formula is C17H20ClN5O4S. The van der Waals surface area contributed by atoms with Crippen LogP contribution in [0.1, 0.15) is 5.56 Å². The molecule has 2 heterocycles. The fourth-order valence-electron chi connectivity index (χ4n) is 2.91. The first-order valence-corrected chi connectivity index (χ1v) is 10.4. The van der Waals surface area contributed by atoms with Crippen molar-refractivity contribution < 1.29 is 13.3 Å². The normalized spacial score (nSPS) is 16.1. The topological polar surface area (TPSA) is 109 Å². The van der Waals surface area contributed by atoms with E-state index in [2.05, 4.69) is 15.2 Å². The van der Waals surface area contributed by atoms with Crippen molar-refractivity contribution in [1.29, 1.82) is 0 Å². The number of nitro groups is 1. The number of likely N-dealkylation sites (N-methyl/N-ethyl adjacent to an activating group) is 1. The van der Waals surface area contributed by atoms with Gasteiger partial charge in [0.2, 0.25) is 10.0 Å². The molecule has 1 aliphatic rings. The lowest BCUT2D eigenvalue weighted by Gasteiger charge is -2.32. The van der Waals surface area contributed by atoms with Crippen LogP contribution in [0, 0.1) is 10.1 Å². The Balaban J connectivity index is 1.80. The molecule has 3 rings (SSSR count). The Morgan fingerprint density at radius 2 is 1.93 bits per heavy atom. The summed E-state index contributed by atoms with van der Waals surface area (Å²) in [5.41, 5.74) is 0.353. The van der Waals surface area contributed by atoms with Crippen molar-refractivity contribution in [3.05, 3.63) is 57.2 Å². The van der Waals surface area contributed by atoms with Gasteiger partial charge in [0.1, 0.15) is 12.0 Å². The number of halogens is 1. The van der Waals surface area contributed by atoms with Gasteiger partial charge in [-0.3, -0.25) is 10.1 Å². The van der Waals surface area contributed by atoms with Crippen molar-refractivity contribution in [3.63, 3.8) is 0 Å². The van der Waals surface area contributed by atoms with Crippen LogP contribution in [0.3, 0.4) is 0 Å². The summed E-state index contributed by atoms with van der Waals surface area (Å²) in [6.45, 7) is 2.41. The van der Waals surface area contributed by atoms with Crippen LogP contribution in [0.4, 0.5) is 11.5 Å². The fourth-order valence-corrected chi connectivity index (χ4v) is 4.78. The molecule has 0 spiro atoms. The largest absolute Gasteiger partial charge is 0.365 e. The number of benzene rings is 1. The van der Waals surface area contributed by atoms with Crippen LogP contribution in [0.5, 0.6) is 0 Å². The molecular weight excluding hydrogens is 406 g/mol. The van der Waals surface area contributed by atoms with Gasteiger partial charge in [-0.1, -0.05) is 29.8 Å². The van der Waals surface area contributed by atoms with E-state index in [1.54, 1.807) is 24.3 Å². The molecule has 2 aromatic rings. The summed E-state index contributed by atoms with van der Waals surface area (Å²) in [5, 5.41) is 13.8. The van der Waals surface area contributed by atoms with Gasteiger partial charge in [0.25, 0.3) is 5.69 Å². The lowest BCUT2D eigenvalue weighted by Crippen LogP contribution is -2.47. The van der Waals surface area contributed by atoms with Gasteiger partial charge in [0.05, 0.1) is 14.8 Å². The molecule has 0 unspecified atom stereocenters. The Morgan fingerprint density at radius 3 is 2.57 bits per heavy atom. The van der Waals surface area contributed by atoms with Crippen LogP contribution in [-0.2, 0) is 16.6 Å². The number of pyridine rings is 1. The van der Waals surface area contributed by atoms with Crippen LogP contribution < -0.4 is 5.32 Å². The first-order valence-electron chi connectivity index (χ1n) is 8.59. The van der Waals surface area contributed by atoms with E-state index in [0.29, 0.717) is 31.7 Å². The minimum absolute atomic E-state index is 0.0913. The fraction of sp³-hybridized carbons (Fsp3) is 0.353. The smallest absolute Gasteiger partial charge is 0.289 e. The monoisotopic (exact) mass is 425 g/mol. The number of piperazine rings is 1. The number of sulfonamides is 1. The maximum atomic E-state index is 13.1. The molecule has 1 aromatic heterocycles. The summed E-state index contributed by atoms with van der Waals surface area (Å²) in [6, 6.07) is 7.93. The van der Waals surface area contributed by atoms with Gasteiger partial charge >= 0.3 is 0 Å². The summed E-state index contributed by atoms with van der Waals surface area (Å²) in [5.74, 6) is 0.249. The molecule has 0 aliphatic carbocycles. The van der Waals surface area contributed by atoms with Crippen molar-refractivity contribution in [2.24, 2.45) is 0 Å². The van der Waals surface area contributed by atoms with Crippen LogP contribution in [0.15, 0.2) is 41.4 Å². The number of hydrogen-bond acceptors (Lipinski definition) is 7.